The first kappa shape index (κ1) is 16.5. The molecule has 1 rings (SSSR count). The van der Waals surface area contributed by atoms with Crippen LogP contribution >= 0.6 is 0 Å². The standard InChI is InChI=1S/C14H24N2O4/c1-5-8(2)16-9(17)6-7-15-12(18)10-11(13(19)20)14(10,3)4/h8,10-11H,5-7H2,1-4H3,(H,15,18)(H,16,17)(H,19,20). The maximum absolute atomic E-state index is 11.9. The van der Waals surface area contributed by atoms with Crippen LogP contribution in [0.1, 0.15) is 40.5 Å². The first-order valence-electron chi connectivity index (χ1n) is 7.01. The third-order valence-electron chi connectivity index (χ3n) is 4.05. The van der Waals surface area contributed by atoms with Crippen molar-refractivity contribution >= 4 is 17.8 Å². The van der Waals surface area contributed by atoms with E-state index in [1.807, 2.05) is 13.8 Å². The Labute approximate surface area is 119 Å². The highest BCUT2D eigenvalue weighted by molar-refractivity contribution is 5.91. The predicted octanol–water partition coefficient (Wildman–Crippen LogP) is 0.764. The summed E-state index contributed by atoms with van der Waals surface area (Å²) in [4.78, 5) is 34.4. The molecule has 1 aliphatic rings. The molecule has 0 heterocycles. The van der Waals surface area contributed by atoms with Gasteiger partial charge in [0.15, 0.2) is 0 Å². The van der Waals surface area contributed by atoms with Crippen molar-refractivity contribution in [3.8, 4) is 0 Å². The van der Waals surface area contributed by atoms with Gasteiger partial charge in [-0.05, 0) is 18.8 Å². The Hall–Kier alpha value is -1.59. The summed E-state index contributed by atoms with van der Waals surface area (Å²) in [6.45, 7) is 7.67. The summed E-state index contributed by atoms with van der Waals surface area (Å²) < 4.78 is 0. The first-order chi connectivity index (χ1) is 9.21. The van der Waals surface area contributed by atoms with Gasteiger partial charge in [0.25, 0.3) is 0 Å². The lowest BCUT2D eigenvalue weighted by Crippen LogP contribution is -2.36. The third kappa shape index (κ3) is 3.71. The molecule has 3 unspecified atom stereocenters. The van der Waals surface area contributed by atoms with E-state index >= 15 is 0 Å². The fourth-order valence-corrected chi connectivity index (χ4v) is 2.45. The molecule has 3 N–H and O–H groups in total. The number of carboxylic acid groups (broad SMARTS) is 1. The van der Waals surface area contributed by atoms with Crippen LogP contribution in [0.2, 0.25) is 0 Å². The van der Waals surface area contributed by atoms with E-state index in [-0.39, 0.29) is 30.8 Å². The van der Waals surface area contributed by atoms with E-state index in [1.165, 1.54) is 0 Å². The van der Waals surface area contributed by atoms with Gasteiger partial charge in [-0.2, -0.15) is 0 Å². The molecule has 0 bridgehead atoms. The Morgan fingerprint density at radius 3 is 2.30 bits per heavy atom. The summed E-state index contributed by atoms with van der Waals surface area (Å²) >= 11 is 0. The van der Waals surface area contributed by atoms with Gasteiger partial charge in [-0.25, -0.2) is 0 Å². The van der Waals surface area contributed by atoms with Crippen LogP contribution in [0, 0.1) is 17.3 Å². The van der Waals surface area contributed by atoms with Crippen LogP contribution in [0.5, 0.6) is 0 Å². The minimum atomic E-state index is -0.940. The zero-order valence-corrected chi connectivity index (χ0v) is 12.5. The molecule has 6 nitrogen and oxygen atoms in total. The zero-order valence-electron chi connectivity index (χ0n) is 12.5. The van der Waals surface area contributed by atoms with Crippen molar-refractivity contribution in [1.82, 2.24) is 10.6 Å². The van der Waals surface area contributed by atoms with Crippen molar-refractivity contribution in [3.63, 3.8) is 0 Å². The Morgan fingerprint density at radius 2 is 1.85 bits per heavy atom. The fourth-order valence-electron chi connectivity index (χ4n) is 2.45. The van der Waals surface area contributed by atoms with E-state index in [0.717, 1.165) is 6.42 Å². The lowest BCUT2D eigenvalue weighted by Gasteiger charge is -2.11. The molecule has 0 aromatic rings. The van der Waals surface area contributed by atoms with Gasteiger partial charge < -0.3 is 15.7 Å². The molecule has 6 heteroatoms. The number of carbonyl (C=O) groups is 3. The highest BCUT2D eigenvalue weighted by Crippen LogP contribution is 2.58. The summed E-state index contributed by atoms with van der Waals surface area (Å²) in [7, 11) is 0. The Morgan fingerprint density at radius 1 is 1.25 bits per heavy atom. The Bertz CT molecular complexity index is 406. The van der Waals surface area contributed by atoms with E-state index in [0.29, 0.717) is 0 Å². The molecular weight excluding hydrogens is 260 g/mol. The molecular formula is C14H24N2O4. The molecule has 1 saturated carbocycles. The second kappa shape index (κ2) is 6.24. The predicted molar refractivity (Wildman–Crippen MR) is 73.9 cm³/mol. The maximum atomic E-state index is 11.9. The van der Waals surface area contributed by atoms with E-state index in [4.69, 9.17) is 5.11 Å². The molecule has 0 saturated heterocycles. The summed E-state index contributed by atoms with van der Waals surface area (Å²) in [5.74, 6) is -2.46. The van der Waals surface area contributed by atoms with Crippen LogP contribution in [0.4, 0.5) is 0 Å². The van der Waals surface area contributed by atoms with Crippen molar-refractivity contribution in [1.29, 1.82) is 0 Å². The lowest BCUT2D eigenvalue weighted by atomic mass is 10.1. The number of hydrogen-bond donors (Lipinski definition) is 3. The van der Waals surface area contributed by atoms with Crippen LogP contribution < -0.4 is 10.6 Å². The smallest absolute Gasteiger partial charge is 0.307 e. The highest BCUT2D eigenvalue weighted by atomic mass is 16.4. The van der Waals surface area contributed by atoms with Crippen LogP contribution in [0.25, 0.3) is 0 Å². The van der Waals surface area contributed by atoms with Crippen molar-refractivity contribution in [2.75, 3.05) is 6.54 Å². The summed E-state index contributed by atoms with van der Waals surface area (Å²) in [6, 6.07) is 0.122. The summed E-state index contributed by atoms with van der Waals surface area (Å²) in [5.41, 5.74) is -0.505. The number of nitrogens with one attached hydrogen (secondary N) is 2. The normalized spacial score (nSPS) is 24.6. The summed E-state index contributed by atoms with van der Waals surface area (Å²) in [5, 5.41) is 14.5. The van der Waals surface area contributed by atoms with Crippen LogP contribution in [0.15, 0.2) is 0 Å². The van der Waals surface area contributed by atoms with Crippen LogP contribution in [-0.4, -0.2) is 35.5 Å². The number of hydrogen-bond acceptors (Lipinski definition) is 3. The maximum Gasteiger partial charge on any atom is 0.307 e. The molecule has 1 fully saturated rings. The fraction of sp³-hybridized carbons (Fsp3) is 0.786. The second-order valence-corrected chi connectivity index (χ2v) is 6.03. The third-order valence-corrected chi connectivity index (χ3v) is 4.05. The van der Waals surface area contributed by atoms with E-state index in [1.54, 1.807) is 13.8 Å². The zero-order chi connectivity index (χ0) is 15.5. The topological polar surface area (TPSA) is 95.5 Å². The molecule has 0 aromatic heterocycles. The average Bonchev–Trinajstić information content (AvgIpc) is 2.92. The van der Waals surface area contributed by atoms with Gasteiger partial charge in [-0.3, -0.25) is 14.4 Å². The number of amides is 2. The molecule has 114 valence electrons. The van der Waals surface area contributed by atoms with Gasteiger partial charge >= 0.3 is 5.97 Å². The molecule has 1 aliphatic carbocycles. The second-order valence-electron chi connectivity index (χ2n) is 6.03. The lowest BCUT2D eigenvalue weighted by molar-refractivity contribution is -0.140. The first-order valence-corrected chi connectivity index (χ1v) is 7.01. The van der Waals surface area contributed by atoms with Crippen LogP contribution in [-0.2, 0) is 14.4 Å². The SMILES string of the molecule is CCC(C)NC(=O)CCNC(=O)C1C(C(=O)O)C1(C)C. The van der Waals surface area contributed by atoms with E-state index < -0.39 is 23.2 Å². The number of carbonyl (C=O) groups excluding carboxylic acids is 2. The number of carboxylic acids is 1. The van der Waals surface area contributed by atoms with Gasteiger partial charge in [-0.15, -0.1) is 0 Å². The molecule has 0 radical (unpaired) electrons. The molecule has 2 amide bonds. The van der Waals surface area contributed by atoms with E-state index in [9.17, 15) is 14.4 Å². The quantitative estimate of drug-likeness (QED) is 0.643. The Kier molecular flexibility index (Phi) is 5.14. The van der Waals surface area contributed by atoms with Crippen molar-refractivity contribution in [2.45, 2.75) is 46.6 Å². The van der Waals surface area contributed by atoms with Gasteiger partial charge in [-0.1, -0.05) is 20.8 Å². The van der Waals surface area contributed by atoms with Crippen molar-refractivity contribution in [2.24, 2.45) is 17.3 Å². The molecule has 20 heavy (non-hydrogen) atoms. The minimum Gasteiger partial charge on any atom is -0.481 e. The Balaban J connectivity index is 2.32. The molecule has 3 atom stereocenters. The monoisotopic (exact) mass is 284 g/mol. The van der Waals surface area contributed by atoms with Gasteiger partial charge in [0.1, 0.15) is 0 Å². The average molecular weight is 284 g/mol. The van der Waals surface area contributed by atoms with Gasteiger partial charge in [0.2, 0.25) is 11.8 Å². The highest BCUT2D eigenvalue weighted by Gasteiger charge is 2.65. The molecule has 0 spiro atoms. The number of rotatable bonds is 7. The minimum absolute atomic E-state index is 0.107. The van der Waals surface area contributed by atoms with Gasteiger partial charge in [0, 0.05) is 19.0 Å². The van der Waals surface area contributed by atoms with Crippen LogP contribution in [0.3, 0.4) is 0 Å². The number of aliphatic carboxylic acids is 1. The molecule has 0 aromatic carbocycles. The molecule has 0 aliphatic heterocycles. The van der Waals surface area contributed by atoms with Gasteiger partial charge in [0.05, 0.1) is 11.8 Å². The van der Waals surface area contributed by atoms with E-state index in [2.05, 4.69) is 10.6 Å². The largest absolute Gasteiger partial charge is 0.481 e. The summed E-state index contributed by atoms with van der Waals surface area (Å²) in [6.07, 6.45) is 1.07. The van der Waals surface area contributed by atoms with Crippen molar-refractivity contribution < 1.29 is 19.5 Å². The van der Waals surface area contributed by atoms with Crippen molar-refractivity contribution in [3.05, 3.63) is 0 Å².